The molecule has 7 nitrogen and oxygen atoms in total. The summed E-state index contributed by atoms with van der Waals surface area (Å²) in [6, 6.07) is 0. The van der Waals surface area contributed by atoms with Crippen LogP contribution in [0.15, 0.2) is 6.33 Å². The molecule has 0 unspecified atom stereocenters. The van der Waals surface area contributed by atoms with Crippen LogP contribution in [0, 0.1) is 5.92 Å². The number of hydrogen-bond acceptors (Lipinski definition) is 6. The maximum Gasteiger partial charge on any atom is 0.306 e. The SMILES string of the molecule is Nc1c(N2CCCC2)ncnc1N1CCC(C(=O)O)CC1. The number of carbonyl (C=O) groups is 1. The van der Waals surface area contributed by atoms with Gasteiger partial charge in [0.15, 0.2) is 11.6 Å². The Labute approximate surface area is 123 Å². The number of aromatic nitrogens is 2. The predicted molar refractivity (Wildman–Crippen MR) is 80.5 cm³/mol. The second-order valence-electron chi connectivity index (χ2n) is 5.73. The van der Waals surface area contributed by atoms with Gasteiger partial charge in [0.2, 0.25) is 0 Å². The number of rotatable bonds is 3. The molecule has 2 aliphatic heterocycles. The van der Waals surface area contributed by atoms with Crippen LogP contribution in [0.5, 0.6) is 0 Å². The van der Waals surface area contributed by atoms with Crippen LogP contribution in [0.1, 0.15) is 25.7 Å². The van der Waals surface area contributed by atoms with Crippen molar-refractivity contribution in [3.8, 4) is 0 Å². The summed E-state index contributed by atoms with van der Waals surface area (Å²) in [5.74, 6) is 0.610. The Morgan fingerprint density at radius 2 is 1.62 bits per heavy atom. The molecule has 21 heavy (non-hydrogen) atoms. The van der Waals surface area contributed by atoms with Crippen molar-refractivity contribution >= 4 is 23.3 Å². The molecule has 0 radical (unpaired) electrons. The van der Waals surface area contributed by atoms with Gasteiger partial charge in [-0.25, -0.2) is 9.97 Å². The highest BCUT2D eigenvalue weighted by Crippen LogP contribution is 2.32. The van der Waals surface area contributed by atoms with Crippen molar-refractivity contribution in [1.29, 1.82) is 0 Å². The minimum Gasteiger partial charge on any atom is -0.481 e. The lowest BCUT2D eigenvalue weighted by Gasteiger charge is -2.32. The molecule has 3 rings (SSSR count). The van der Waals surface area contributed by atoms with Gasteiger partial charge in [-0.05, 0) is 25.7 Å². The fourth-order valence-corrected chi connectivity index (χ4v) is 3.15. The summed E-state index contributed by atoms with van der Waals surface area (Å²) >= 11 is 0. The van der Waals surface area contributed by atoms with Crippen LogP contribution in [-0.2, 0) is 4.79 Å². The maximum atomic E-state index is 11.0. The topological polar surface area (TPSA) is 95.6 Å². The second-order valence-corrected chi connectivity index (χ2v) is 5.73. The Hall–Kier alpha value is -2.05. The monoisotopic (exact) mass is 291 g/mol. The molecule has 7 heteroatoms. The van der Waals surface area contributed by atoms with Crippen LogP contribution in [0.25, 0.3) is 0 Å². The van der Waals surface area contributed by atoms with Crippen LogP contribution < -0.4 is 15.5 Å². The number of nitrogen functional groups attached to an aromatic ring is 1. The lowest BCUT2D eigenvalue weighted by atomic mass is 9.97. The van der Waals surface area contributed by atoms with E-state index in [9.17, 15) is 4.79 Å². The molecule has 1 aromatic heterocycles. The smallest absolute Gasteiger partial charge is 0.306 e. The summed E-state index contributed by atoms with van der Waals surface area (Å²) in [6.07, 6.45) is 5.17. The molecule has 3 heterocycles. The summed E-state index contributed by atoms with van der Waals surface area (Å²) in [5, 5.41) is 9.06. The van der Waals surface area contributed by atoms with Gasteiger partial charge in [0.05, 0.1) is 5.92 Å². The van der Waals surface area contributed by atoms with E-state index >= 15 is 0 Å². The van der Waals surface area contributed by atoms with Gasteiger partial charge in [0.1, 0.15) is 12.0 Å². The molecule has 1 aromatic rings. The zero-order valence-corrected chi connectivity index (χ0v) is 12.0. The van der Waals surface area contributed by atoms with E-state index in [1.165, 1.54) is 12.8 Å². The number of carboxylic acid groups (broad SMARTS) is 1. The third-order valence-corrected chi connectivity index (χ3v) is 4.39. The molecule has 0 amide bonds. The van der Waals surface area contributed by atoms with Crippen molar-refractivity contribution in [2.75, 3.05) is 41.7 Å². The van der Waals surface area contributed by atoms with Crippen LogP contribution in [0.3, 0.4) is 0 Å². The second kappa shape index (κ2) is 5.75. The third-order valence-electron chi connectivity index (χ3n) is 4.39. The number of nitrogens with zero attached hydrogens (tertiary/aromatic N) is 4. The Bertz CT molecular complexity index is 522. The highest BCUT2D eigenvalue weighted by atomic mass is 16.4. The van der Waals surface area contributed by atoms with Gasteiger partial charge in [-0.1, -0.05) is 0 Å². The van der Waals surface area contributed by atoms with E-state index in [2.05, 4.69) is 19.8 Å². The minimum absolute atomic E-state index is 0.248. The molecular weight excluding hydrogens is 270 g/mol. The van der Waals surface area contributed by atoms with Gasteiger partial charge < -0.3 is 20.6 Å². The molecule has 0 bridgehead atoms. The highest BCUT2D eigenvalue weighted by molar-refractivity contribution is 5.76. The summed E-state index contributed by atoms with van der Waals surface area (Å²) in [7, 11) is 0. The van der Waals surface area contributed by atoms with Crippen LogP contribution in [-0.4, -0.2) is 47.2 Å². The average Bonchev–Trinajstić information content (AvgIpc) is 3.02. The first-order valence-corrected chi connectivity index (χ1v) is 7.50. The normalized spacial score (nSPS) is 20.0. The summed E-state index contributed by atoms with van der Waals surface area (Å²) < 4.78 is 0. The van der Waals surface area contributed by atoms with Crippen molar-refractivity contribution in [3.05, 3.63) is 6.33 Å². The standard InChI is InChI=1S/C14H21N5O2/c15-11-12(18-5-1-2-6-18)16-9-17-13(11)19-7-3-10(4-8-19)14(20)21/h9-10H,1-8,15H2,(H,20,21). The Balaban J connectivity index is 1.77. The Kier molecular flexibility index (Phi) is 3.81. The summed E-state index contributed by atoms with van der Waals surface area (Å²) in [4.78, 5) is 23.9. The van der Waals surface area contributed by atoms with Crippen LogP contribution in [0.2, 0.25) is 0 Å². The molecule has 2 saturated heterocycles. The number of hydrogen-bond donors (Lipinski definition) is 2. The van der Waals surface area contributed by atoms with Crippen LogP contribution >= 0.6 is 0 Å². The molecule has 0 aromatic carbocycles. The van der Waals surface area contributed by atoms with Crippen molar-refractivity contribution in [2.45, 2.75) is 25.7 Å². The van der Waals surface area contributed by atoms with Gasteiger partial charge in [-0.15, -0.1) is 0 Å². The van der Waals surface area contributed by atoms with E-state index < -0.39 is 5.97 Å². The third kappa shape index (κ3) is 2.72. The number of piperidine rings is 1. The molecule has 114 valence electrons. The molecule has 0 saturated carbocycles. The van der Waals surface area contributed by atoms with E-state index in [1.807, 2.05) is 0 Å². The minimum atomic E-state index is -0.705. The molecule has 2 fully saturated rings. The average molecular weight is 291 g/mol. The number of carboxylic acids is 1. The Morgan fingerprint density at radius 3 is 2.14 bits per heavy atom. The lowest BCUT2D eigenvalue weighted by molar-refractivity contribution is -0.142. The van der Waals surface area contributed by atoms with E-state index in [1.54, 1.807) is 6.33 Å². The van der Waals surface area contributed by atoms with Crippen molar-refractivity contribution in [3.63, 3.8) is 0 Å². The van der Waals surface area contributed by atoms with E-state index in [0.717, 1.165) is 24.7 Å². The molecular formula is C14H21N5O2. The number of nitrogens with two attached hydrogens (primary N) is 1. The number of aliphatic carboxylic acids is 1. The fourth-order valence-electron chi connectivity index (χ4n) is 3.15. The van der Waals surface area contributed by atoms with Crippen molar-refractivity contribution in [1.82, 2.24) is 9.97 Å². The van der Waals surface area contributed by atoms with Gasteiger partial charge >= 0.3 is 5.97 Å². The first-order valence-electron chi connectivity index (χ1n) is 7.50. The molecule has 3 N–H and O–H groups in total. The Morgan fingerprint density at radius 1 is 1.10 bits per heavy atom. The van der Waals surface area contributed by atoms with E-state index in [4.69, 9.17) is 10.8 Å². The molecule has 0 aliphatic carbocycles. The molecule has 2 aliphatic rings. The molecule has 0 spiro atoms. The number of anilines is 3. The van der Waals surface area contributed by atoms with Crippen molar-refractivity contribution in [2.24, 2.45) is 5.92 Å². The highest BCUT2D eigenvalue weighted by Gasteiger charge is 2.27. The van der Waals surface area contributed by atoms with E-state index in [-0.39, 0.29) is 5.92 Å². The van der Waals surface area contributed by atoms with Crippen molar-refractivity contribution < 1.29 is 9.90 Å². The van der Waals surface area contributed by atoms with Crippen LogP contribution in [0.4, 0.5) is 17.3 Å². The predicted octanol–water partition coefficient (Wildman–Crippen LogP) is 0.960. The van der Waals surface area contributed by atoms with Gasteiger partial charge in [0, 0.05) is 26.2 Å². The maximum absolute atomic E-state index is 11.0. The zero-order chi connectivity index (χ0) is 14.8. The largest absolute Gasteiger partial charge is 0.481 e. The fraction of sp³-hybridized carbons (Fsp3) is 0.643. The zero-order valence-electron chi connectivity index (χ0n) is 12.0. The summed E-state index contributed by atoms with van der Waals surface area (Å²) in [6.45, 7) is 3.33. The van der Waals surface area contributed by atoms with Gasteiger partial charge in [-0.2, -0.15) is 0 Å². The van der Waals surface area contributed by atoms with Gasteiger partial charge in [-0.3, -0.25) is 4.79 Å². The molecule has 0 atom stereocenters. The quantitative estimate of drug-likeness (QED) is 0.856. The lowest BCUT2D eigenvalue weighted by Crippen LogP contribution is -2.37. The van der Waals surface area contributed by atoms with E-state index in [0.29, 0.717) is 31.6 Å². The summed E-state index contributed by atoms with van der Waals surface area (Å²) in [5.41, 5.74) is 6.88. The first kappa shape index (κ1) is 13.9. The van der Waals surface area contributed by atoms with Gasteiger partial charge in [0.25, 0.3) is 0 Å². The first-order chi connectivity index (χ1) is 10.2.